The number of aliphatic hydroxyl groups is 3. The average Bonchev–Trinajstić information content (AvgIpc) is 2.55. The number of rotatable bonds is 2. The molecule has 1 fully saturated rings. The van der Waals surface area contributed by atoms with Crippen LogP contribution in [0.1, 0.15) is 1.37 Å². The number of guanidine groups is 1. The minimum absolute atomic E-state index is 0.00331. The van der Waals surface area contributed by atoms with Gasteiger partial charge in [-0.3, -0.25) is 4.90 Å². The van der Waals surface area contributed by atoms with Crippen LogP contribution in [0.25, 0.3) is 0 Å². The van der Waals surface area contributed by atoms with Crippen molar-refractivity contribution in [3.05, 3.63) is 12.4 Å². The monoisotopic (exact) mass is 243 g/mol. The van der Waals surface area contributed by atoms with Crippen LogP contribution in [0, 0.1) is 0 Å². The molecule has 2 rings (SSSR count). The largest absolute Gasteiger partial charge is 0.394 e. The molecule has 0 radical (unpaired) electrons. The topological polar surface area (TPSA) is 124 Å². The maximum absolute atomic E-state index is 9.83. The third kappa shape index (κ3) is 2.03. The van der Waals surface area contributed by atoms with E-state index in [1.165, 1.54) is 11.2 Å². The summed E-state index contributed by atoms with van der Waals surface area (Å²) in [6.07, 6.45) is -4.85. The van der Waals surface area contributed by atoms with Crippen molar-refractivity contribution in [1.29, 1.82) is 0 Å². The fraction of sp³-hybridized carbons (Fsp3) is 0.556. The maximum Gasteiger partial charge on any atom is 0.223 e. The Bertz CT molecular complexity index is 429. The predicted octanol–water partition coefficient (Wildman–Crippen LogP) is -2.44. The van der Waals surface area contributed by atoms with Gasteiger partial charge >= 0.3 is 0 Å². The summed E-state index contributed by atoms with van der Waals surface area (Å²) in [5, 5.41) is 28.5. The van der Waals surface area contributed by atoms with Gasteiger partial charge in [0.15, 0.2) is 6.23 Å². The number of hydrogen-bond donors (Lipinski definition) is 4. The first kappa shape index (κ1) is 10.7. The first-order chi connectivity index (χ1) is 8.39. The summed E-state index contributed by atoms with van der Waals surface area (Å²) < 4.78 is 12.8. The summed E-state index contributed by atoms with van der Waals surface area (Å²) in [7, 11) is 0. The molecule has 4 atom stereocenters. The van der Waals surface area contributed by atoms with Crippen LogP contribution in [-0.2, 0) is 4.74 Å². The van der Waals surface area contributed by atoms with E-state index in [1.54, 1.807) is 0 Å². The molecule has 0 aromatic carbocycles. The van der Waals surface area contributed by atoms with Crippen molar-refractivity contribution in [2.24, 2.45) is 15.7 Å². The Hall–Kier alpha value is -1.48. The summed E-state index contributed by atoms with van der Waals surface area (Å²) in [4.78, 5) is 8.72. The van der Waals surface area contributed by atoms with Gasteiger partial charge in [0, 0.05) is 0 Å². The van der Waals surface area contributed by atoms with Gasteiger partial charge in [0.25, 0.3) is 0 Å². The lowest BCUT2D eigenvalue weighted by molar-refractivity contribution is -0.0607. The lowest BCUT2D eigenvalue weighted by atomic mass is 10.1. The molecule has 0 bridgehead atoms. The van der Waals surface area contributed by atoms with Crippen molar-refractivity contribution in [3.8, 4) is 0 Å². The molecule has 8 heteroatoms. The van der Waals surface area contributed by atoms with Crippen LogP contribution in [0.2, 0.25) is 0 Å². The number of nitrogens with two attached hydrogens (primary N) is 1. The molecule has 1 saturated heterocycles. The third-order valence-electron chi connectivity index (χ3n) is 2.50. The summed E-state index contributed by atoms with van der Waals surface area (Å²) in [6, 6.07) is 0. The van der Waals surface area contributed by atoms with E-state index in [9.17, 15) is 10.2 Å². The first-order valence-corrected chi connectivity index (χ1v) is 4.89. The fourth-order valence-corrected chi connectivity index (χ4v) is 1.61. The van der Waals surface area contributed by atoms with Crippen LogP contribution in [-0.4, -0.2) is 63.6 Å². The minimum atomic E-state index is -2.00. The molecule has 0 aliphatic carbocycles. The highest BCUT2D eigenvalue weighted by Gasteiger charge is 2.45. The summed E-state index contributed by atoms with van der Waals surface area (Å²) in [6.45, 7) is 2.84. The Morgan fingerprint density at radius 2 is 2.29 bits per heavy atom. The highest BCUT2D eigenvalue weighted by molar-refractivity contribution is 5.89. The summed E-state index contributed by atoms with van der Waals surface area (Å²) >= 11 is 0. The van der Waals surface area contributed by atoms with Gasteiger partial charge in [-0.2, -0.15) is 4.99 Å². The van der Waals surface area contributed by atoms with Crippen molar-refractivity contribution in [1.82, 2.24) is 4.90 Å². The van der Waals surface area contributed by atoms with Gasteiger partial charge < -0.3 is 25.8 Å². The number of hydrogen-bond acceptors (Lipinski definition) is 8. The molecule has 1 unspecified atom stereocenters. The Labute approximate surface area is 98.7 Å². The van der Waals surface area contributed by atoms with Crippen LogP contribution >= 0.6 is 0 Å². The number of nitrogens with zero attached hydrogens (tertiary/aromatic N) is 3. The zero-order valence-corrected chi connectivity index (χ0v) is 8.89. The van der Waals surface area contributed by atoms with Crippen molar-refractivity contribution < 1.29 is 21.4 Å². The zero-order chi connectivity index (χ0) is 13.5. The summed E-state index contributed by atoms with van der Waals surface area (Å²) in [5.41, 5.74) is 5.36. The van der Waals surface area contributed by atoms with Gasteiger partial charge in [0.1, 0.15) is 30.4 Å². The first-order valence-electron chi connectivity index (χ1n) is 5.39. The second kappa shape index (κ2) is 4.41. The molecule has 5 N–H and O–H groups in total. The molecule has 2 aliphatic heterocycles. The van der Waals surface area contributed by atoms with E-state index in [2.05, 4.69) is 16.6 Å². The highest BCUT2D eigenvalue weighted by atomic mass is 16.6. The molecule has 2 aliphatic rings. The van der Waals surface area contributed by atoms with Crippen LogP contribution < -0.4 is 5.73 Å². The number of aliphatic hydroxyl groups excluding tert-OH is 3. The Morgan fingerprint density at radius 3 is 2.82 bits per heavy atom. The van der Waals surface area contributed by atoms with Crippen LogP contribution in [0.4, 0.5) is 0 Å². The molecule has 0 aromatic rings. The molecule has 0 amide bonds. The molecule has 0 aromatic heterocycles. The molecule has 17 heavy (non-hydrogen) atoms. The van der Waals surface area contributed by atoms with Gasteiger partial charge in [-0.1, -0.05) is 6.58 Å². The van der Waals surface area contributed by atoms with Crippen molar-refractivity contribution >= 4 is 12.3 Å². The lowest BCUT2D eigenvalue weighted by Gasteiger charge is -2.29. The van der Waals surface area contributed by atoms with Gasteiger partial charge in [0.2, 0.25) is 5.96 Å². The zero-order valence-electron chi connectivity index (χ0n) is 9.89. The van der Waals surface area contributed by atoms with Gasteiger partial charge in [-0.05, 0) is 0 Å². The molecule has 2 heterocycles. The van der Waals surface area contributed by atoms with E-state index < -0.39 is 31.1 Å². The second-order valence-electron chi connectivity index (χ2n) is 3.61. The van der Waals surface area contributed by atoms with Crippen molar-refractivity contribution in [3.63, 3.8) is 0 Å². The molecular formula is C9H14N4O4. The van der Waals surface area contributed by atoms with Crippen LogP contribution in [0.5, 0.6) is 0 Å². The lowest BCUT2D eigenvalue weighted by Crippen LogP contribution is -2.44. The van der Waals surface area contributed by atoms with Gasteiger partial charge in [-0.15, -0.1) is 0 Å². The van der Waals surface area contributed by atoms with E-state index in [0.717, 1.165) is 0 Å². The van der Waals surface area contributed by atoms with Gasteiger partial charge in [-0.25, -0.2) is 4.99 Å². The molecule has 0 saturated carbocycles. The predicted molar refractivity (Wildman–Crippen MR) is 58.9 cm³/mol. The van der Waals surface area contributed by atoms with E-state index >= 15 is 0 Å². The SMILES string of the molecule is [2H][C@]1(CO)O[C@@H](N2C=NC(N)=NC2=C)[C@@H](O)C1O. The normalized spacial score (nSPS) is 42.6. The number of ether oxygens (including phenoxy) is 1. The average molecular weight is 243 g/mol. The molecular weight excluding hydrogens is 228 g/mol. The Balaban J connectivity index is 2.21. The summed E-state index contributed by atoms with van der Waals surface area (Å²) in [5.74, 6) is 0.157. The third-order valence-corrected chi connectivity index (χ3v) is 2.50. The van der Waals surface area contributed by atoms with E-state index in [0.29, 0.717) is 0 Å². The fourth-order valence-electron chi connectivity index (χ4n) is 1.61. The van der Waals surface area contributed by atoms with Gasteiger partial charge in [0.05, 0.1) is 7.98 Å². The van der Waals surface area contributed by atoms with E-state index in [4.69, 9.17) is 16.9 Å². The van der Waals surface area contributed by atoms with Crippen molar-refractivity contribution in [2.45, 2.75) is 24.5 Å². The Kier molecular flexibility index (Phi) is 2.77. The Morgan fingerprint density at radius 1 is 1.59 bits per heavy atom. The van der Waals surface area contributed by atoms with Crippen LogP contribution in [0.3, 0.4) is 0 Å². The highest BCUT2D eigenvalue weighted by Crippen LogP contribution is 2.26. The van der Waals surface area contributed by atoms with E-state index in [-0.39, 0.29) is 11.8 Å². The van der Waals surface area contributed by atoms with Crippen molar-refractivity contribution in [2.75, 3.05) is 6.61 Å². The standard InChI is InChI=1S/C9H14N4O4/c1-4-12-9(10)11-3-13(4)8-7(16)6(15)5(2-14)17-8/h3,5-8,14-16H,1-2H2,(H2,10,12)/t5-,6?,7+,8-/m1/s1/i5D. The second-order valence-corrected chi connectivity index (χ2v) is 3.61. The smallest absolute Gasteiger partial charge is 0.223 e. The van der Waals surface area contributed by atoms with Crippen LogP contribution in [0.15, 0.2) is 22.4 Å². The quantitative estimate of drug-likeness (QED) is 0.427. The number of aliphatic imine (C=N–C) groups is 2. The molecule has 8 nitrogen and oxygen atoms in total. The minimum Gasteiger partial charge on any atom is -0.394 e. The van der Waals surface area contributed by atoms with E-state index in [1.807, 2.05) is 0 Å². The molecule has 94 valence electrons. The molecule has 0 spiro atoms. The maximum atomic E-state index is 9.83.